The van der Waals surface area contributed by atoms with Gasteiger partial charge in [0.25, 0.3) is 0 Å². The molecule has 0 amide bonds. The second-order valence-electron chi connectivity index (χ2n) is 6.02. The van der Waals surface area contributed by atoms with Crippen molar-refractivity contribution in [2.75, 3.05) is 6.61 Å². The fourth-order valence-corrected chi connectivity index (χ4v) is 3.30. The summed E-state index contributed by atoms with van der Waals surface area (Å²) in [6, 6.07) is 0.364. The Labute approximate surface area is 117 Å². The van der Waals surface area contributed by atoms with E-state index in [-0.39, 0.29) is 0 Å². The third-order valence-corrected chi connectivity index (χ3v) is 4.53. The molecule has 3 N–H and O–H groups in total. The van der Waals surface area contributed by atoms with Crippen LogP contribution >= 0.6 is 0 Å². The van der Waals surface area contributed by atoms with Crippen LogP contribution < -0.4 is 11.3 Å². The quantitative estimate of drug-likeness (QED) is 0.455. The number of rotatable bonds is 5. The van der Waals surface area contributed by atoms with Gasteiger partial charge in [0, 0.05) is 12.6 Å². The summed E-state index contributed by atoms with van der Waals surface area (Å²) < 4.78 is 5.82. The van der Waals surface area contributed by atoms with Crippen LogP contribution in [0.4, 0.5) is 0 Å². The van der Waals surface area contributed by atoms with Crippen molar-refractivity contribution < 1.29 is 4.74 Å². The molecule has 0 aromatic carbocycles. The molecule has 1 aliphatic carbocycles. The van der Waals surface area contributed by atoms with Gasteiger partial charge in [-0.2, -0.15) is 0 Å². The summed E-state index contributed by atoms with van der Waals surface area (Å²) in [6.07, 6.45) is 16.8. The molecule has 2 aliphatic rings. The van der Waals surface area contributed by atoms with Crippen molar-refractivity contribution in [3.05, 3.63) is 11.6 Å². The zero-order valence-corrected chi connectivity index (χ0v) is 12.2. The van der Waals surface area contributed by atoms with Crippen molar-refractivity contribution in [2.45, 2.75) is 82.8 Å². The van der Waals surface area contributed by atoms with E-state index in [1.807, 2.05) is 0 Å². The van der Waals surface area contributed by atoms with Gasteiger partial charge in [0.15, 0.2) is 0 Å². The summed E-state index contributed by atoms with van der Waals surface area (Å²) in [5.74, 6) is 5.78. The van der Waals surface area contributed by atoms with Crippen LogP contribution in [0.1, 0.15) is 70.6 Å². The topological polar surface area (TPSA) is 47.3 Å². The summed E-state index contributed by atoms with van der Waals surface area (Å²) in [5.41, 5.74) is 4.58. The second-order valence-corrected chi connectivity index (χ2v) is 6.02. The van der Waals surface area contributed by atoms with E-state index in [2.05, 4.69) is 11.5 Å². The molecule has 3 heteroatoms. The molecule has 0 spiro atoms. The van der Waals surface area contributed by atoms with Gasteiger partial charge in [-0.3, -0.25) is 11.3 Å². The molecule has 0 aromatic heterocycles. The average Bonchev–Trinajstić information content (AvgIpc) is 2.42. The third kappa shape index (κ3) is 5.25. The molecule has 3 nitrogen and oxygen atoms in total. The van der Waals surface area contributed by atoms with Gasteiger partial charge >= 0.3 is 0 Å². The van der Waals surface area contributed by atoms with E-state index in [1.54, 1.807) is 0 Å². The first-order valence-electron chi connectivity index (χ1n) is 8.17. The highest BCUT2D eigenvalue weighted by Gasteiger charge is 2.18. The Morgan fingerprint density at radius 1 is 1.21 bits per heavy atom. The SMILES string of the molecule is NNC(CCC1CCCCO1)C1=CCCCCCC1. The van der Waals surface area contributed by atoms with Gasteiger partial charge in [-0.15, -0.1) is 0 Å². The van der Waals surface area contributed by atoms with Crippen LogP contribution in [0.15, 0.2) is 11.6 Å². The normalized spacial score (nSPS) is 27.2. The Morgan fingerprint density at radius 2 is 2.11 bits per heavy atom. The van der Waals surface area contributed by atoms with Gasteiger partial charge in [-0.05, 0) is 57.8 Å². The number of nitrogens with one attached hydrogen (secondary N) is 1. The Morgan fingerprint density at radius 3 is 2.89 bits per heavy atom. The highest BCUT2D eigenvalue weighted by Crippen LogP contribution is 2.24. The molecule has 110 valence electrons. The summed E-state index contributed by atoms with van der Waals surface area (Å²) in [5, 5.41) is 0. The molecule has 1 fully saturated rings. The standard InChI is InChI=1S/C16H30N2O/c17-18-16(12-11-15-10-6-7-13-19-15)14-8-4-2-1-3-5-9-14/h8,15-16,18H,1-7,9-13,17H2. The minimum absolute atomic E-state index is 0.364. The Balaban J connectivity index is 1.80. The van der Waals surface area contributed by atoms with Crippen LogP contribution in [0.3, 0.4) is 0 Å². The lowest BCUT2D eigenvalue weighted by Crippen LogP contribution is -2.37. The van der Waals surface area contributed by atoms with Crippen molar-refractivity contribution >= 4 is 0 Å². The van der Waals surface area contributed by atoms with Crippen LogP contribution in [0.25, 0.3) is 0 Å². The fourth-order valence-electron chi connectivity index (χ4n) is 3.30. The summed E-state index contributed by atoms with van der Waals surface area (Å²) in [6.45, 7) is 0.952. The molecular weight excluding hydrogens is 236 g/mol. The zero-order chi connectivity index (χ0) is 13.3. The predicted molar refractivity (Wildman–Crippen MR) is 79.7 cm³/mol. The van der Waals surface area contributed by atoms with E-state index < -0.39 is 0 Å². The molecule has 2 unspecified atom stereocenters. The fraction of sp³-hybridized carbons (Fsp3) is 0.875. The number of allylic oxidation sites excluding steroid dienone is 1. The lowest BCUT2D eigenvalue weighted by atomic mass is 9.91. The molecule has 0 saturated carbocycles. The van der Waals surface area contributed by atoms with E-state index in [4.69, 9.17) is 10.6 Å². The Bertz CT molecular complexity index is 272. The van der Waals surface area contributed by atoms with E-state index in [9.17, 15) is 0 Å². The summed E-state index contributed by atoms with van der Waals surface area (Å²) in [4.78, 5) is 0. The number of hydrazine groups is 1. The van der Waals surface area contributed by atoms with Crippen LogP contribution in [0.5, 0.6) is 0 Å². The van der Waals surface area contributed by atoms with Crippen molar-refractivity contribution in [3.63, 3.8) is 0 Å². The van der Waals surface area contributed by atoms with Crippen molar-refractivity contribution in [1.29, 1.82) is 0 Å². The highest BCUT2D eigenvalue weighted by molar-refractivity contribution is 5.11. The van der Waals surface area contributed by atoms with Gasteiger partial charge < -0.3 is 4.74 Å². The van der Waals surface area contributed by atoms with E-state index >= 15 is 0 Å². The molecule has 1 saturated heterocycles. The first-order valence-corrected chi connectivity index (χ1v) is 8.17. The van der Waals surface area contributed by atoms with Crippen LogP contribution in [0, 0.1) is 0 Å². The average molecular weight is 266 g/mol. The Hall–Kier alpha value is -0.380. The van der Waals surface area contributed by atoms with Gasteiger partial charge in [-0.1, -0.05) is 24.5 Å². The minimum atomic E-state index is 0.364. The summed E-state index contributed by atoms with van der Waals surface area (Å²) in [7, 11) is 0. The summed E-state index contributed by atoms with van der Waals surface area (Å²) >= 11 is 0. The third-order valence-electron chi connectivity index (χ3n) is 4.53. The first kappa shape index (κ1) is 15.0. The molecule has 0 aromatic rings. The molecular formula is C16H30N2O. The lowest BCUT2D eigenvalue weighted by molar-refractivity contribution is 0.00907. The maximum atomic E-state index is 5.82. The van der Waals surface area contributed by atoms with Crippen LogP contribution in [-0.2, 0) is 4.74 Å². The van der Waals surface area contributed by atoms with Gasteiger partial charge in [0.2, 0.25) is 0 Å². The molecule has 2 rings (SSSR count). The highest BCUT2D eigenvalue weighted by atomic mass is 16.5. The van der Waals surface area contributed by atoms with Crippen molar-refractivity contribution in [1.82, 2.24) is 5.43 Å². The van der Waals surface area contributed by atoms with E-state index in [0.29, 0.717) is 12.1 Å². The molecule has 0 bridgehead atoms. The zero-order valence-electron chi connectivity index (χ0n) is 12.2. The number of ether oxygens (including phenoxy) is 1. The lowest BCUT2D eigenvalue weighted by Gasteiger charge is -2.26. The largest absolute Gasteiger partial charge is 0.378 e. The van der Waals surface area contributed by atoms with Gasteiger partial charge in [0.1, 0.15) is 0 Å². The second kappa shape index (κ2) is 8.72. The minimum Gasteiger partial charge on any atom is -0.378 e. The Kier molecular flexibility index (Phi) is 6.90. The van der Waals surface area contributed by atoms with Gasteiger partial charge in [-0.25, -0.2) is 0 Å². The monoisotopic (exact) mass is 266 g/mol. The number of hydrogen-bond donors (Lipinski definition) is 2. The van der Waals surface area contributed by atoms with Crippen LogP contribution in [0.2, 0.25) is 0 Å². The smallest absolute Gasteiger partial charge is 0.0575 e. The van der Waals surface area contributed by atoms with Crippen LogP contribution in [-0.4, -0.2) is 18.8 Å². The van der Waals surface area contributed by atoms with Crippen molar-refractivity contribution in [2.24, 2.45) is 5.84 Å². The first-order chi connectivity index (χ1) is 9.40. The predicted octanol–water partition coefficient (Wildman–Crippen LogP) is 3.45. The molecule has 1 heterocycles. The molecule has 1 aliphatic heterocycles. The molecule has 0 radical (unpaired) electrons. The van der Waals surface area contributed by atoms with Crippen molar-refractivity contribution in [3.8, 4) is 0 Å². The molecule has 2 atom stereocenters. The number of nitrogens with two attached hydrogens (primary N) is 1. The molecule has 19 heavy (non-hydrogen) atoms. The number of hydrogen-bond acceptors (Lipinski definition) is 3. The van der Waals surface area contributed by atoms with Gasteiger partial charge in [0.05, 0.1) is 6.10 Å². The maximum absolute atomic E-state index is 5.82. The maximum Gasteiger partial charge on any atom is 0.0575 e. The van der Waals surface area contributed by atoms with E-state index in [0.717, 1.165) is 19.4 Å². The van der Waals surface area contributed by atoms with E-state index in [1.165, 1.54) is 63.4 Å².